The summed E-state index contributed by atoms with van der Waals surface area (Å²) >= 11 is 0. The minimum absolute atomic E-state index is 0.267. The van der Waals surface area contributed by atoms with Crippen LogP contribution in [0.1, 0.15) is 207 Å². The van der Waals surface area contributed by atoms with Gasteiger partial charge in [-0.1, -0.05) is 149 Å². The molecule has 0 bridgehead atoms. The van der Waals surface area contributed by atoms with Crippen molar-refractivity contribution in [1.29, 1.82) is 0 Å². The summed E-state index contributed by atoms with van der Waals surface area (Å²) in [6.45, 7) is 11.3. The first-order valence-corrected chi connectivity index (χ1v) is 34.5. The lowest BCUT2D eigenvalue weighted by Crippen LogP contribution is -2.54. The zero-order valence-corrected chi connectivity index (χ0v) is 49.9. The van der Waals surface area contributed by atoms with Gasteiger partial charge in [-0.3, -0.25) is 4.90 Å². The summed E-state index contributed by atoms with van der Waals surface area (Å²) < 4.78 is 14.2. The molecule has 0 aromatic rings. The van der Waals surface area contributed by atoms with Crippen LogP contribution in [0.3, 0.4) is 0 Å². The summed E-state index contributed by atoms with van der Waals surface area (Å²) in [6, 6.07) is 2.80. The van der Waals surface area contributed by atoms with Gasteiger partial charge in [0.1, 0.15) is 0 Å². The Morgan fingerprint density at radius 1 is 0.709 bits per heavy atom. The van der Waals surface area contributed by atoms with Gasteiger partial charge in [0.15, 0.2) is 0 Å². The van der Waals surface area contributed by atoms with Crippen LogP contribution in [0.4, 0.5) is 0 Å². The monoisotopic (exact) mass is 1070 g/mol. The fourth-order valence-corrected chi connectivity index (χ4v) is 21.5. The van der Waals surface area contributed by atoms with E-state index in [1.54, 1.807) is 5.70 Å². The van der Waals surface area contributed by atoms with Gasteiger partial charge in [0.05, 0.1) is 24.4 Å². The standard InChI is InChI=1S/C75H108N2O2/c1-5-8-21-60(7-3)78-62-43-34-56(35-44-62)75(57-36-45-63(46-37-57)79-61-41-29-52(6-2)30-42-61)69-25-14-12-23-65(69)66-47-40-59(50-70(66)75)76(72-28-17-20-54-19-10-11-22-64(54)72)58-38-31-53(32-39-58)55-33-48-74-68(49-55)67-24-13-16-27-73(67)77(74)71-26-15-9-18-51(71)4/h6,9,11,14-15,18,22,24-26,33-34,38,40,43,47-48,51-57,59-66,68-74H,2,5,7-8,10,12-13,16-17,19-21,23,27-32,35-37,39,41-42,44-46,49-50H2,1,3-4H3. The summed E-state index contributed by atoms with van der Waals surface area (Å²) in [4.78, 5) is 6.20. The molecule has 79 heavy (non-hydrogen) atoms. The van der Waals surface area contributed by atoms with Gasteiger partial charge in [-0.25, -0.2) is 0 Å². The molecule has 19 unspecified atom stereocenters. The van der Waals surface area contributed by atoms with E-state index in [2.05, 4.69) is 140 Å². The number of allylic oxidation sites excluding steroid dienone is 12. The van der Waals surface area contributed by atoms with Crippen LogP contribution >= 0.6 is 0 Å². The van der Waals surface area contributed by atoms with E-state index in [9.17, 15) is 0 Å². The molecule has 19 atom stereocenters. The topological polar surface area (TPSA) is 24.9 Å². The number of hydrogen-bond donors (Lipinski definition) is 0. The number of rotatable bonds is 16. The minimum atomic E-state index is 0.267. The molecule has 0 aromatic heterocycles. The average molecular weight is 1070 g/mol. The van der Waals surface area contributed by atoms with E-state index >= 15 is 0 Å². The summed E-state index contributed by atoms with van der Waals surface area (Å²) in [5.41, 5.74) is 3.83. The minimum Gasteiger partial charge on any atom is -0.375 e. The number of nitrogens with zero attached hydrogens (tertiary/aromatic N) is 2. The van der Waals surface area contributed by atoms with E-state index in [0.717, 1.165) is 30.1 Å². The highest BCUT2D eigenvalue weighted by molar-refractivity contribution is 5.35. The molecule has 1 heterocycles. The summed E-state index contributed by atoms with van der Waals surface area (Å²) in [5.74, 6) is 9.08. The van der Waals surface area contributed by atoms with Gasteiger partial charge in [-0.05, 0) is 243 Å². The molecule has 0 amide bonds. The normalized spacial score (nSPS) is 45.6. The van der Waals surface area contributed by atoms with Crippen LogP contribution in [-0.4, -0.2) is 64.4 Å². The van der Waals surface area contributed by atoms with E-state index in [1.165, 1.54) is 180 Å². The van der Waals surface area contributed by atoms with E-state index in [-0.39, 0.29) is 11.5 Å². The Kier molecular flexibility index (Phi) is 17.3. The molecule has 0 N–H and O–H groups in total. The molecular weight excluding hydrogens is 961 g/mol. The van der Waals surface area contributed by atoms with E-state index < -0.39 is 0 Å². The number of hydrogen-bond acceptors (Lipinski definition) is 4. The van der Waals surface area contributed by atoms with Crippen LogP contribution in [0.25, 0.3) is 0 Å². The lowest BCUT2D eigenvalue weighted by Gasteiger charge is -2.56. The van der Waals surface area contributed by atoms with Crippen molar-refractivity contribution in [2.45, 2.75) is 262 Å². The lowest BCUT2D eigenvalue weighted by atomic mass is 9.50. The number of ether oxygens (including phenoxy) is 2. The van der Waals surface area contributed by atoms with E-state index in [1.807, 2.05) is 5.57 Å². The largest absolute Gasteiger partial charge is 0.375 e. The molecule has 430 valence electrons. The maximum Gasteiger partial charge on any atom is 0.0759 e. The van der Waals surface area contributed by atoms with Crippen molar-refractivity contribution in [1.82, 2.24) is 9.80 Å². The highest BCUT2D eigenvalue weighted by atomic mass is 16.5. The fourth-order valence-electron chi connectivity index (χ4n) is 21.5. The van der Waals surface area contributed by atoms with Crippen molar-refractivity contribution >= 4 is 0 Å². The van der Waals surface area contributed by atoms with Crippen molar-refractivity contribution < 1.29 is 9.47 Å². The average Bonchev–Trinajstić information content (AvgIpc) is 4.18. The molecule has 0 spiro atoms. The Hall–Kier alpha value is -2.92. The molecule has 1 saturated heterocycles. The van der Waals surface area contributed by atoms with Gasteiger partial charge in [0.2, 0.25) is 0 Å². The first kappa shape index (κ1) is 55.3. The Balaban J connectivity index is 0.803. The zero-order valence-electron chi connectivity index (χ0n) is 49.9. The van der Waals surface area contributed by atoms with Crippen molar-refractivity contribution in [3.05, 3.63) is 121 Å². The highest BCUT2D eigenvalue weighted by Gasteiger charge is 2.65. The summed E-state index contributed by atoms with van der Waals surface area (Å²) in [7, 11) is 0. The maximum atomic E-state index is 7.14. The molecule has 1 aliphatic heterocycles. The SMILES string of the molecule is C=CC1CCC(OC2CCC(C3(C4C=CC(OC(CC)CCCC)CC4)C4C=CCCC4C4C=CC(N(C5=CCC(C6C=CC7C(C6)C6=CCCCC6N7C6C=CC=CC6C)CC5)C5CCCC6CCC=CC65)CC43)CC2)CC1. The Labute approximate surface area is 482 Å². The Morgan fingerprint density at radius 2 is 1.54 bits per heavy atom. The molecule has 0 aromatic carbocycles. The quantitative estimate of drug-likeness (QED) is 0.144. The molecule has 13 aliphatic rings. The van der Waals surface area contributed by atoms with Crippen LogP contribution in [0.2, 0.25) is 0 Å². The molecule has 5 fully saturated rings. The van der Waals surface area contributed by atoms with Crippen molar-refractivity contribution in [3.63, 3.8) is 0 Å². The second-order valence-corrected chi connectivity index (χ2v) is 28.9. The van der Waals surface area contributed by atoms with E-state index in [4.69, 9.17) is 9.47 Å². The fraction of sp³-hybridized carbons (Fsp3) is 0.733. The van der Waals surface area contributed by atoms with Gasteiger partial charge in [0.25, 0.3) is 0 Å². The Morgan fingerprint density at radius 3 is 2.33 bits per heavy atom. The lowest BCUT2D eigenvalue weighted by molar-refractivity contribution is -0.0890. The summed E-state index contributed by atoms with van der Waals surface area (Å²) in [6.07, 6.45) is 84.1. The predicted molar refractivity (Wildman–Crippen MR) is 329 cm³/mol. The van der Waals surface area contributed by atoms with Crippen molar-refractivity contribution in [2.24, 2.45) is 82.3 Å². The number of likely N-dealkylation sites (tertiary alicyclic amines) is 1. The van der Waals surface area contributed by atoms with Gasteiger partial charge < -0.3 is 14.4 Å². The van der Waals surface area contributed by atoms with Gasteiger partial charge >= 0.3 is 0 Å². The first-order chi connectivity index (χ1) is 38.9. The second kappa shape index (κ2) is 24.7. The third kappa shape index (κ3) is 10.8. The molecule has 4 heteroatoms. The zero-order chi connectivity index (χ0) is 53.5. The molecule has 13 rings (SSSR count). The Bertz CT molecular complexity index is 2360. The molecular formula is C75H108N2O2. The number of fused-ring (bicyclic) bond motifs is 7. The van der Waals surface area contributed by atoms with Gasteiger partial charge in [-0.15, -0.1) is 6.58 Å². The van der Waals surface area contributed by atoms with Crippen molar-refractivity contribution in [2.75, 3.05) is 0 Å². The van der Waals surface area contributed by atoms with Gasteiger partial charge in [0, 0.05) is 41.8 Å². The van der Waals surface area contributed by atoms with Crippen molar-refractivity contribution in [3.8, 4) is 0 Å². The van der Waals surface area contributed by atoms with Crippen LogP contribution in [0.15, 0.2) is 121 Å². The third-order valence-corrected chi connectivity index (χ3v) is 25.2. The van der Waals surface area contributed by atoms with Crippen LogP contribution in [0.5, 0.6) is 0 Å². The van der Waals surface area contributed by atoms with Crippen LogP contribution < -0.4 is 0 Å². The van der Waals surface area contributed by atoms with E-state index in [0.29, 0.717) is 102 Å². The molecule has 4 saturated carbocycles. The number of unbranched alkanes of at least 4 members (excludes halogenated alkanes) is 1. The highest BCUT2D eigenvalue weighted by Crippen LogP contribution is 2.70. The second-order valence-electron chi connectivity index (χ2n) is 28.9. The molecule has 12 aliphatic carbocycles. The van der Waals surface area contributed by atoms with Gasteiger partial charge in [-0.2, -0.15) is 0 Å². The maximum absolute atomic E-state index is 7.14. The molecule has 4 nitrogen and oxygen atoms in total. The predicted octanol–water partition coefficient (Wildman–Crippen LogP) is 18.4. The first-order valence-electron chi connectivity index (χ1n) is 34.5. The molecule has 0 radical (unpaired) electrons. The summed E-state index contributed by atoms with van der Waals surface area (Å²) in [5, 5.41) is 0. The smallest absolute Gasteiger partial charge is 0.0759 e. The third-order valence-electron chi connectivity index (χ3n) is 25.2. The van der Waals surface area contributed by atoms with Crippen LogP contribution in [-0.2, 0) is 9.47 Å². The van der Waals surface area contributed by atoms with Crippen LogP contribution in [0, 0.1) is 82.3 Å².